The van der Waals surface area contributed by atoms with Crippen LogP contribution in [0.15, 0.2) is 18.3 Å². The van der Waals surface area contributed by atoms with Crippen molar-refractivity contribution in [3.05, 3.63) is 24.2 Å². The maximum absolute atomic E-state index is 4.95. The lowest BCUT2D eigenvalue weighted by Crippen LogP contribution is -2.29. The summed E-state index contributed by atoms with van der Waals surface area (Å²) < 4.78 is 2.47. The molecule has 0 saturated carbocycles. The fourth-order valence-electron chi connectivity index (χ4n) is 3.88. The van der Waals surface area contributed by atoms with Crippen LogP contribution in [0.5, 0.6) is 0 Å². The number of hydrogen-bond acceptors (Lipinski definition) is 4. The Bertz CT molecular complexity index is 647. The standard InChI is InChI=1S/C17H24N4S/c1-20-9-3-5-13(20)11-16-19-15-7-2-8-18-17(15)21(16)14-6-4-10-22-12-14/h2,7-8,13-14H,3-6,9-12H2,1H3. The van der Waals surface area contributed by atoms with Gasteiger partial charge in [-0.1, -0.05) is 0 Å². The molecule has 0 spiro atoms. The Labute approximate surface area is 136 Å². The fourth-order valence-corrected chi connectivity index (χ4v) is 5.00. The molecule has 4 rings (SSSR count). The fraction of sp³-hybridized carbons (Fsp3) is 0.647. The van der Waals surface area contributed by atoms with Gasteiger partial charge in [0.2, 0.25) is 0 Å². The van der Waals surface area contributed by atoms with Crippen molar-refractivity contribution in [1.29, 1.82) is 0 Å². The molecule has 4 heterocycles. The molecule has 5 heteroatoms. The van der Waals surface area contributed by atoms with Crippen molar-refractivity contribution in [2.75, 3.05) is 25.1 Å². The molecule has 4 nitrogen and oxygen atoms in total. The van der Waals surface area contributed by atoms with Crippen LogP contribution in [0.2, 0.25) is 0 Å². The van der Waals surface area contributed by atoms with E-state index in [2.05, 4.69) is 39.3 Å². The summed E-state index contributed by atoms with van der Waals surface area (Å²) in [5.74, 6) is 3.76. The first-order valence-electron chi connectivity index (χ1n) is 8.43. The van der Waals surface area contributed by atoms with Gasteiger partial charge in [0.25, 0.3) is 0 Å². The zero-order chi connectivity index (χ0) is 14.9. The van der Waals surface area contributed by atoms with Crippen molar-refractivity contribution in [1.82, 2.24) is 19.4 Å². The average molecular weight is 316 g/mol. The predicted molar refractivity (Wildman–Crippen MR) is 92.5 cm³/mol. The highest BCUT2D eigenvalue weighted by atomic mass is 32.2. The molecule has 2 unspecified atom stereocenters. The lowest BCUT2D eigenvalue weighted by atomic mass is 10.1. The Morgan fingerprint density at radius 1 is 1.32 bits per heavy atom. The molecule has 2 aromatic heterocycles. The first-order chi connectivity index (χ1) is 10.8. The Balaban J connectivity index is 1.72. The quantitative estimate of drug-likeness (QED) is 0.871. The van der Waals surface area contributed by atoms with E-state index in [1.54, 1.807) is 0 Å². The van der Waals surface area contributed by atoms with E-state index < -0.39 is 0 Å². The van der Waals surface area contributed by atoms with Gasteiger partial charge in [-0.25, -0.2) is 9.97 Å². The summed E-state index contributed by atoms with van der Waals surface area (Å²) >= 11 is 2.07. The molecule has 22 heavy (non-hydrogen) atoms. The monoisotopic (exact) mass is 316 g/mol. The molecule has 0 radical (unpaired) electrons. The van der Waals surface area contributed by atoms with Crippen LogP contribution in [0, 0.1) is 0 Å². The third-order valence-electron chi connectivity index (χ3n) is 5.11. The summed E-state index contributed by atoms with van der Waals surface area (Å²) in [5, 5.41) is 0. The van der Waals surface area contributed by atoms with Crippen molar-refractivity contribution in [3.63, 3.8) is 0 Å². The Morgan fingerprint density at radius 2 is 2.27 bits per heavy atom. The highest BCUT2D eigenvalue weighted by Gasteiger charge is 2.27. The SMILES string of the molecule is CN1CCCC1Cc1nc2cccnc2n1C1CCCSC1. The zero-order valence-electron chi connectivity index (χ0n) is 13.2. The van der Waals surface area contributed by atoms with E-state index in [-0.39, 0.29) is 0 Å². The highest BCUT2D eigenvalue weighted by molar-refractivity contribution is 7.99. The summed E-state index contributed by atoms with van der Waals surface area (Å²) in [4.78, 5) is 12.1. The molecule has 2 aromatic rings. The van der Waals surface area contributed by atoms with Gasteiger partial charge in [-0.3, -0.25) is 0 Å². The maximum Gasteiger partial charge on any atom is 0.160 e. The number of likely N-dealkylation sites (tertiary alicyclic amines) is 1. The third-order valence-corrected chi connectivity index (χ3v) is 6.31. The first-order valence-corrected chi connectivity index (χ1v) is 9.58. The molecule has 0 N–H and O–H groups in total. The van der Waals surface area contributed by atoms with Gasteiger partial charge >= 0.3 is 0 Å². The summed E-state index contributed by atoms with van der Waals surface area (Å²) in [7, 11) is 2.25. The van der Waals surface area contributed by atoms with Crippen LogP contribution in [0.4, 0.5) is 0 Å². The van der Waals surface area contributed by atoms with E-state index in [1.807, 2.05) is 12.3 Å². The van der Waals surface area contributed by atoms with Crippen LogP contribution in [-0.2, 0) is 6.42 Å². The van der Waals surface area contributed by atoms with Crippen molar-refractivity contribution in [3.8, 4) is 0 Å². The second-order valence-corrected chi connectivity index (χ2v) is 7.75. The van der Waals surface area contributed by atoms with E-state index in [0.29, 0.717) is 12.1 Å². The smallest absolute Gasteiger partial charge is 0.160 e. The molecule has 2 atom stereocenters. The number of nitrogens with zero attached hydrogens (tertiary/aromatic N) is 4. The molecular weight excluding hydrogens is 292 g/mol. The van der Waals surface area contributed by atoms with Crippen molar-refractivity contribution >= 4 is 22.9 Å². The molecule has 118 valence electrons. The number of imidazole rings is 1. The topological polar surface area (TPSA) is 34.0 Å². The van der Waals surface area contributed by atoms with Crippen LogP contribution >= 0.6 is 11.8 Å². The molecular formula is C17H24N4S. The lowest BCUT2D eigenvalue weighted by Gasteiger charge is -2.26. The summed E-state index contributed by atoms with van der Waals surface area (Å²) in [6.45, 7) is 1.22. The van der Waals surface area contributed by atoms with Gasteiger partial charge in [0.15, 0.2) is 5.65 Å². The van der Waals surface area contributed by atoms with Gasteiger partial charge in [0.1, 0.15) is 11.3 Å². The lowest BCUT2D eigenvalue weighted by molar-refractivity contribution is 0.301. The molecule has 0 amide bonds. The van der Waals surface area contributed by atoms with Crippen LogP contribution in [0.1, 0.15) is 37.5 Å². The van der Waals surface area contributed by atoms with Gasteiger partial charge in [0, 0.05) is 30.5 Å². The van der Waals surface area contributed by atoms with Crippen LogP contribution in [0.25, 0.3) is 11.2 Å². The average Bonchev–Trinajstić information content (AvgIpc) is 3.12. The van der Waals surface area contributed by atoms with Gasteiger partial charge in [-0.15, -0.1) is 0 Å². The highest BCUT2D eigenvalue weighted by Crippen LogP contribution is 2.31. The number of hydrogen-bond donors (Lipinski definition) is 0. The van der Waals surface area contributed by atoms with Gasteiger partial charge in [-0.2, -0.15) is 11.8 Å². The van der Waals surface area contributed by atoms with Crippen LogP contribution < -0.4 is 0 Å². The predicted octanol–water partition coefficient (Wildman–Crippen LogP) is 3.14. The van der Waals surface area contributed by atoms with E-state index in [1.165, 1.54) is 49.6 Å². The first kappa shape index (κ1) is 14.5. The van der Waals surface area contributed by atoms with Crippen LogP contribution in [-0.4, -0.2) is 50.6 Å². The molecule has 0 bridgehead atoms. The number of fused-ring (bicyclic) bond motifs is 1. The second kappa shape index (κ2) is 6.20. The maximum atomic E-state index is 4.95. The van der Waals surface area contributed by atoms with Gasteiger partial charge in [-0.05, 0) is 57.2 Å². The minimum atomic E-state index is 0.570. The Kier molecular flexibility index (Phi) is 4.09. The van der Waals surface area contributed by atoms with E-state index in [9.17, 15) is 0 Å². The molecule has 2 aliphatic heterocycles. The minimum Gasteiger partial charge on any atom is -0.309 e. The van der Waals surface area contributed by atoms with Gasteiger partial charge < -0.3 is 9.47 Å². The number of rotatable bonds is 3. The molecule has 0 aliphatic carbocycles. The number of aromatic nitrogens is 3. The third kappa shape index (κ3) is 2.65. The van der Waals surface area contributed by atoms with Crippen molar-refractivity contribution in [2.24, 2.45) is 0 Å². The van der Waals surface area contributed by atoms with E-state index in [4.69, 9.17) is 4.98 Å². The molecule has 2 saturated heterocycles. The summed E-state index contributed by atoms with van der Waals surface area (Å²) in [6, 6.07) is 5.32. The molecule has 2 aliphatic rings. The number of pyridine rings is 1. The largest absolute Gasteiger partial charge is 0.309 e. The molecule has 0 aromatic carbocycles. The minimum absolute atomic E-state index is 0.570. The van der Waals surface area contributed by atoms with Crippen LogP contribution in [0.3, 0.4) is 0 Å². The Hall–Kier alpha value is -1.07. The van der Waals surface area contributed by atoms with E-state index in [0.717, 1.165) is 17.6 Å². The summed E-state index contributed by atoms with van der Waals surface area (Å²) in [5.41, 5.74) is 2.15. The van der Waals surface area contributed by atoms with Crippen molar-refractivity contribution in [2.45, 2.75) is 44.2 Å². The number of likely N-dealkylation sites (N-methyl/N-ethyl adjacent to an activating group) is 1. The number of thioether (sulfide) groups is 1. The van der Waals surface area contributed by atoms with Crippen molar-refractivity contribution < 1.29 is 0 Å². The second-order valence-electron chi connectivity index (χ2n) is 6.60. The zero-order valence-corrected chi connectivity index (χ0v) is 14.1. The van der Waals surface area contributed by atoms with Gasteiger partial charge in [0.05, 0.1) is 0 Å². The Morgan fingerprint density at radius 3 is 3.05 bits per heavy atom. The summed E-state index contributed by atoms with van der Waals surface area (Å²) in [6.07, 6.45) is 8.16. The normalized spacial score (nSPS) is 26.8. The molecule has 2 fully saturated rings. The van der Waals surface area contributed by atoms with E-state index >= 15 is 0 Å².